The van der Waals surface area contributed by atoms with E-state index >= 15 is 0 Å². The molecule has 20 heavy (non-hydrogen) atoms. The van der Waals surface area contributed by atoms with Crippen molar-refractivity contribution >= 4 is 11.8 Å². The molecule has 0 saturated heterocycles. The summed E-state index contributed by atoms with van der Waals surface area (Å²) in [5, 5.41) is 8.40. The lowest BCUT2D eigenvalue weighted by molar-refractivity contribution is -0.121. The first-order chi connectivity index (χ1) is 9.72. The van der Waals surface area contributed by atoms with Gasteiger partial charge in [0.15, 0.2) is 0 Å². The Morgan fingerprint density at radius 2 is 1.65 bits per heavy atom. The van der Waals surface area contributed by atoms with E-state index in [1.54, 1.807) is 0 Å². The third-order valence-corrected chi connectivity index (χ3v) is 2.76. The van der Waals surface area contributed by atoms with Gasteiger partial charge in [0.1, 0.15) is 0 Å². The van der Waals surface area contributed by atoms with Crippen molar-refractivity contribution in [3.63, 3.8) is 0 Å². The van der Waals surface area contributed by atoms with E-state index < -0.39 is 0 Å². The summed E-state index contributed by atoms with van der Waals surface area (Å²) in [5.74, 6) is -0.190. The van der Waals surface area contributed by atoms with Crippen molar-refractivity contribution < 1.29 is 9.59 Å². The zero-order chi connectivity index (χ0) is 14.6. The first-order valence-electron chi connectivity index (χ1n) is 7.00. The summed E-state index contributed by atoms with van der Waals surface area (Å²) >= 11 is 0. The van der Waals surface area contributed by atoms with Gasteiger partial charge in [0.2, 0.25) is 11.8 Å². The maximum absolute atomic E-state index is 11.6. The second-order valence-corrected chi connectivity index (χ2v) is 4.57. The monoisotopic (exact) mass is 277 g/mol. The van der Waals surface area contributed by atoms with E-state index in [9.17, 15) is 9.59 Å². The van der Waals surface area contributed by atoms with Crippen LogP contribution in [0.2, 0.25) is 0 Å². The van der Waals surface area contributed by atoms with Crippen LogP contribution in [0, 0.1) is 0 Å². The molecule has 0 bridgehead atoms. The summed E-state index contributed by atoms with van der Waals surface area (Å²) < 4.78 is 0. The average Bonchev–Trinajstić information content (AvgIpc) is 2.46. The van der Waals surface area contributed by atoms with E-state index in [1.807, 2.05) is 30.3 Å². The molecule has 2 amide bonds. The van der Waals surface area contributed by atoms with Crippen molar-refractivity contribution in [2.75, 3.05) is 19.6 Å². The Balaban J connectivity index is 2.07. The zero-order valence-electron chi connectivity index (χ0n) is 11.9. The largest absolute Gasteiger partial charge is 0.355 e. The quantitative estimate of drug-likeness (QED) is 0.585. The zero-order valence-corrected chi connectivity index (χ0v) is 11.9. The van der Waals surface area contributed by atoms with Gasteiger partial charge in [-0.1, -0.05) is 43.7 Å². The lowest BCUT2D eigenvalue weighted by atomic mass is 10.2. The van der Waals surface area contributed by atoms with E-state index in [0.29, 0.717) is 13.1 Å². The van der Waals surface area contributed by atoms with Gasteiger partial charge in [-0.05, 0) is 12.0 Å². The Hall–Kier alpha value is -1.88. The molecule has 0 heterocycles. The maximum atomic E-state index is 11.6. The minimum atomic E-state index is -0.116. The lowest BCUT2D eigenvalue weighted by Crippen LogP contribution is -2.39. The second kappa shape index (κ2) is 9.97. The Morgan fingerprint density at radius 3 is 2.30 bits per heavy atom. The van der Waals surface area contributed by atoms with Gasteiger partial charge in [0, 0.05) is 13.1 Å². The SMILES string of the molecule is CCCCNC(=O)CNCC(=O)NCc1ccccc1. The van der Waals surface area contributed by atoms with Gasteiger partial charge in [-0.2, -0.15) is 0 Å². The minimum absolute atomic E-state index is 0.0747. The number of rotatable bonds is 9. The maximum Gasteiger partial charge on any atom is 0.234 e. The van der Waals surface area contributed by atoms with Crippen LogP contribution in [0.5, 0.6) is 0 Å². The van der Waals surface area contributed by atoms with E-state index in [0.717, 1.165) is 18.4 Å². The van der Waals surface area contributed by atoms with Gasteiger partial charge in [0.25, 0.3) is 0 Å². The molecule has 0 unspecified atom stereocenters. The normalized spacial score (nSPS) is 10.1. The molecule has 1 aromatic carbocycles. The van der Waals surface area contributed by atoms with Crippen molar-refractivity contribution in [1.29, 1.82) is 0 Å². The molecule has 5 nitrogen and oxygen atoms in total. The topological polar surface area (TPSA) is 70.2 Å². The summed E-state index contributed by atoms with van der Waals surface area (Å²) in [4.78, 5) is 22.9. The van der Waals surface area contributed by atoms with Crippen LogP contribution in [-0.2, 0) is 16.1 Å². The van der Waals surface area contributed by atoms with Crippen LogP contribution in [0.1, 0.15) is 25.3 Å². The van der Waals surface area contributed by atoms with Crippen molar-refractivity contribution in [3.8, 4) is 0 Å². The summed E-state index contributed by atoms with van der Waals surface area (Å²) in [6.07, 6.45) is 2.03. The molecule has 0 aliphatic rings. The average molecular weight is 277 g/mol. The summed E-state index contributed by atoms with van der Waals surface area (Å²) in [6.45, 7) is 3.58. The van der Waals surface area contributed by atoms with Crippen molar-refractivity contribution in [2.24, 2.45) is 0 Å². The van der Waals surface area contributed by atoms with Gasteiger partial charge in [0.05, 0.1) is 13.1 Å². The highest BCUT2D eigenvalue weighted by atomic mass is 16.2. The molecule has 0 aliphatic carbocycles. The fourth-order valence-electron chi connectivity index (χ4n) is 1.62. The number of carbonyl (C=O) groups excluding carboxylic acids is 2. The standard InChI is InChI=1S/C15H23N3O2/c1-2-3-9-17-14(19)11-16-12-15(20)18-10-13-7-5-4-6-8-13/h4-8,16H,2-3,9-12H2,1H3,(H,17,19)(H,18,20). The molecule has 0 aliphatic heterocycles. The fourth-order valence-corrected chi connectivity index (χ4v) is 1.62. The van der Waals surface area contributed by atoms with Gasteiger partial charge < -0.3 is 10.6 Å². The number of amides is 2. The number of unbranched alkanes of at least 4 members (excludes halogenated alkanes) is 1. The molecule has 1 aromatic rings. The van der Waals surface area contributed by atoms with Gasteiger partial charge in [-0.25, -0.2) is 0 Å². The highest BCUT2D eigenvalue weighted by Gasteiger charge is 2.03. The molecule has 0 fully saturated rings. The predicted octanol–water partition coefficient (Wildman–Crippen LogP) is 0.809. The highest BCUT2D eigenvalue weighted by Crippen LogP contribution is 1.96. The van der Waals surface area contributed by atoms with Crippen LogP contribution in [0.15, 0.2) is 30.3 Å². The second-order valence-electron chi connectivity index (χ2n) is 4.57. The molecule has 0 atom stereocenters. The van der Waals surface area contributed by atoms with Crippen LogP contribution >= 0.6 is 0 Å². The van der Waals surface area contributed by atoms with Crippen LogP contribution < -0.4 is 16.0 Å². The van der Waals surface area contributed by atoms with Crippen LogP contribution in [0.25, 0.3) is 0 Å². The summed E-state index contributed by atoms with van der Waals surface area (Å²) in [5.41, 5.74) is 1.05. The molecule has 110 valence electrons. The number of hydrogen-bond acceptors (Lipinski definition) is 3. The first-order valence-corrected chi connectivity index (χ1v) is 7.00. The third kappa shape index (κ3) is 7.53. The van der Waals surface area contributed by atoms with E-state index in [2.05, 4.69) is 22.9 Å². The number of hydrogen-bond donors (Lipinski definition) is 3. The molecule has 1 rings (SSSR count). The Morgan fingerprint density at radius 1 is 1.00 bits per heavy atom. The Kier molecular flexibility index (Phi) is 8.07. The number of carbonyl (C=O) groups is 2. The van der Waals surface area contributed by atoms with Gasteiger partial charge >= 0.3 is 0 Å². The molecule has 0 spiro atoms. The predicted molar refractivity (Wildman–Crippen MR) is 79.1 cm³/mol. The molecular weight excluding hydrogens is 254 g/mol. The van der Waals surface area contributed by atoms with Crippen LogP contribution in [0.4, 0.5) is 0 Å². The first kappa shape index (κ1) is 16.2. The Labute approximate surface area is 120 Å². The molecular formula is C15H23N3O2. The van der Waals surface area contributed by atoms with E-state index in [4.69, 9.17) is 0 Å². The Bertz CT molecular complexity index is 407. The van der Waals surface area contributed by atoms with Gasteiger partial charge in [-0.3, -0.25) is 14.9 Å². The summed E-state index contributed by atoms with van der Waals surface area (Å²) in [7, 11) is 0. The lowest BCUT2D eigenvalue weighted by Gasteiger charge is -2.07. The van der Waals surface area contributed by atoms with Crippen molar-refractivity contribution in [3.05, 3.63) is 35.9 Å². The summed E-state index contributed by atoms with van der Waals surface area (Å²) in [6, 6.07) is 9.70. The molecule has 5 heteroatoms. The van der Waals surface area contributed by atoms with Crippen LogP contribution in [0.3, 0.4) is 0 Å². The molecule has 0 aromatic heterocycles. The molecule has 0 radical (unpaired) electrons. The number of benzene rings is 1. The number of nitrogens with one attached hydrogen (secondary N) is 3. The van der Waals surface area contributed by atoms with Crippen LogP contribution in [-0.4, -0.2) is 31.4 Å². The molecule has 3 N–H and O–H groups in total. The van der Waals surface area contributed by atoms with E-state index in [-0.39, 0.29) is 24.9 Å². The minimum Gasteiger partial charge on any atom is -0.355 e. The van der Waals surface area contributed by atoms with E-state index in [1.165, 1.54) is 0 Å². The fraction of sp³-hybridized carbons (Fsp3) is 0.467. The van der Waals surface area contributed by atoms with Crippen molar-refractivity contribution in [2.45, 2.75) is 26.3 Å². The highest BCUT2D eigenvalue weighted by molar-refractivity contribution is 5.81. The molecule has 0 saturated carbocycles. The van der Waals surface area contributed by atoms with Gasteiger partial charge in [-0.15, -0.1) is 0 Å². The third-order valence-electron chi connectivity index (χ3n) is 2.76. The van der Waals surface area contributed by atoms with Crippen molar-refractivity contribution in [1.82, 2.24) is 16.0 Å². The smallest absolute Gasteiger partial charge is 0.234 e.